The summed E-state index contributed by atoms with van der Waals surface area (Å²) in [6.07, 6.45) is 0. The molecule has 0 radical (unpaired) electrons. The molecular weight excluding hydrogens is 196 g/mol. The van der Waals surface area contributed by atoms with E-state index in [1.165, 1.54) is 5.56 Å². The first-order valence-electron chi connectivity index (χ1n) is 4.51. The van der Waals surface area contributed by atoms with Crippen molar-refractivity contribution in [3.05, 3.63) is 29.8 Å². The molecule has 0 aliphatic heterocycles. The molecule has 4 heteroatoms. The Balaban J connectivity index is 2.41. The summed E-state index contributed by atoms with van der Waals surface area (Å²) in [5.74, 6) is 0.720. The third kappa shape index (κ3) is 3.49. The van der Waals surface area contributed by atoms with Crippen LogP contribution in [0.4, 0.5) is 0 Å². The molecular formula is C10H16O3Si. The van der Waals surface area contributed by atoms with Crippen LogP contribution in [0.1, 0.15) is 5.56 Å². The minimum absolute atomic E-state index is 0.170. The fourth-order valence-electron chi connectivity index (χ4n) is 1.03. The average molecular weight is 212 g/mol. The Hall–Kier alpha value is -0.843. The number of aryl methyl sites for hydroxylation is 1. The zero-order chi connectivity index (χ0) is 10.4. The Morgan fingerprint density at radius 1 is 1.07 bits per heavy atom. The van der Waals surface area contributed by atoms with E-state index in [9.17, 15) is 0 Å². The van der Waals surface area contributed by atoms with E-state index in [0.717, 1.165) is 5.75 Å². The number of rotatable bonds is 5. The normalized spacial score (nSPS) is 11.4. The molecule has 1 aromatic rings. The van der Waals surface area contributed by atoms with Crippen LogP contribution < -0.4 is 4.43 Å². The minimum atomic E-state index is -0.830. The van der Waals surface area contributed by atoms with Crippen LogP contribution in [0, 0.1) is 6.92 Å². The SMILES string of the molecule is COC(OC)[SiH2]Oc1ccc(C)cc1. The first-order valence-corrected chi connectivity index (χ1v) is 5.90. The van der Waals surface area contributed by atoms with Gasteiger partial charge in [-0.3, -0.25) is 0 Å². The van der Waals surface area contributed by atoms with Gasteiger partial charge in [0.2, 0.25) is 0 Å². The smallest absolute Gasteiger partial charge is 0.278 e. The van der Waals surface area contributed by atoms with Crippen LogP contribution in [0.25, 0.3) is 0 Å². The van der Waals surface area contributed by atoms with Crippen LogP contribution in [-0.4, -0.2) is 29.9 Å². The Bertz CT molecular complexity index is 257. The second kappa shape index (κ2) is 5.80. The van der Waals surface area contributed by atoms with E-state index >= 15 is 0 Å². The van der Waals surface area contributed by atoms with E-state index in [2.05, 4.69) is 0 Å². The van der Waals surface area contributed by atoms with Gasteiger partial charge in [-0.25, -0.2) is 0 Å². The maximum absolute atomic E-state index is 5.59. The molecule has 3 nitrogen and oxygen atoms in total. The van der Waals surface area contributed by atoms with Crippen molar-refractivity contribution >= 4 is 9.76 Å². The predicted molar refractivity (Wildman–Crippen MR) is 58.2 cm³/mol. The first-order chi connectivity index (χ1) is 6.76. The molecule has 1 rings (SSSR count). The molecule has 0 spiro atoms. The van der Waals surface area contributed by atoms with Crippen LogP contribution in [0.15, 0.2) is 24.3 Å². The van der Waals surface area contributed by atoms with E-state index < -0.39 is 9.76 Å². The number of ether oxygens (including phenoxy) is 2. The van der Waals surface area contributed by atoms with Crippen molar-refractivity contribution in [3.63, 3.8) is 0 Å². The molecule has 0 aliphatic rings. The third-order valence-corrected chi connectivity index (χ3v) is 3.37. The van der Waals surface area contributed by atoms with Crippen molar-refractivity contribution in [3.8, 4) is 5.75 Å². The van der Waals surface area contributed by atoms with Crippen LogP contribution >= 0.6 is 0 Å². The lowest BCUT2D eigenvalue weighted by Gasteiger charge is -2.13. The summed E-state index contributed by atoms with van der Waals surface area (Å²) in [5.41, 5.74) is 1.23. The lowest BCUT2D eigenvalue weighted by Crippen LogP contribution is -2.25. The molecule has 14 heavy (non-hydrogen) atoms. The topological polar surface area (TPSA) is 27.7 Å². The molecule has 1 aromatic carbocycles. The molecule has 0 bridgehead atoms. The quantitative estimate of drug-likeness (QED) is 0.539. The highest BCUT2D eigenvalue weighted by atomic mass is 28.2. The summed E-state index contributed by atoms with van der Waals surface area (Å²) < 4.78 is 15.7. The van der Waals surface area contributed by atoms with Crippen molar-refractivity contribution in [1.82, 2.24) is 0 Å². The largest absolute Gasteiger partial charge is 0.544 e. The van der Waals surface area contributed by atoms with Gasteiger partial charge in [-0.05, 0) is 19.1 Å². The van der Waals surface area contributed by atoms with Crippen molar-refractivity contribution in [2.75, 3.05) is 14.2 Å². The van der Waals surface area contributed by atoms with Gasteiger partial charge in [0, 0.05) is 14.2 Å². The summed E-state index contributed by atoms with van der Waals surface area (Å²) in [6, 6.07) is 7.98. The van der Waals surface area contributed by atoms with Gasteiger partial charge in [-0.15, -0.1) is 0 Å². The molecule has 0 atom stereocenters. The van der Waals surface area contributed by atoms with Crippen LogP contribution in [-0.2, 0) is 9.47 Å². The number of methoxy groups -OCH3 is 2. The number of hydrogen-bond acceptors (Lipinski definition) is 3. The minimum Gasteiger partial charge on any atom is -0.544 e. The van der Waals surface area contributed by atoms with E-state index in [-0.39, 0.29) is 5.91 Å². The highest BCUT2D eigenvalue weighted by Gasteiger charge is 2.06. The summed E-state index contributed by atoms with van der Waals surface area (Å²) in [5, 5.41) is 0. The van der Waals surface area contributed by atoms with Crippen LogP contribution in [0.3, 0.4) is 0 Å². The lowest BCUT2D eigenvalue weighted by molar-refractivity contribution is -0.0492. The van der Waals surface area contributed by atoms with E-state index in [1.807, 2.05) is 31.2 Å². The second-order valence-corrected chi connectivity index (χ2v) is 4.31. The number of benzene rings is 1. The van der Waals surface area contributed by atoms with Gasteiger partial charge >= 0.3 is 0 Å². The van der Waals surface area contributed by atoms with Gasteiger partial charge in [-0.2, -0.15) is 0 Å². The van der Waals surface area contributed by atoms with Crippen LogP contribution in [0.2, 0.25) is 0 Å². The maximum atomic E-state index is 5.59. The predicted octanol–water partition coefficient (Wildman–Crippen LogP) is 1.03. The summed E-state index contributed by atoms with van der Waals surface area (Å²) in [4.78, 5) is 0. The van der Waals surface area contributed by atoms with Gasteiger partial charge in [-0.1, -0.05) is 17.7 Å². The summed E-state index contributed by atoms with van der Waals surface area (Å²) in [6.45, 7) is 2.05. The molecule has 0 fully saturated rings. The summed E-state index contributed by atoms with van der Waals surface area (Å²) >= 11 is 0. The van der Waals surface area contributed by atoms with Crippen molar-refractivity contribution < 1.29 is 13.9 Å². The Morgan fingerprint density at radius 2 is 1.64 bits per heavy atom. The molecule has 0 saturated heterocycles. The maximum Gasteiger partial charge on any atom is 0.278 e. The monoisotopic (exact) mass is 212 g/mol. The van der Waals surface area contributed by atoms with Crippen molar-refractivity contribution in [2.45, 2.75) is 12.8 Å². The zero-order valence-electron chi connectivity index (χ0n) is 8.82. The summed E-state index contributed by atoms with van der Waals surface area (Å²) in [7, 11) is 2.42. The van der Waals surface area contributed by atoms with E-state index in [0.29, 0.717) is 0 Å². The molecule has 78 valence electrons. The van der Waals surface area contributed by atoms with Gasteiger partial charge in [0.1, 0.15) is 5.75 Å². The lowest BCUT2D eigenvalue weighted by atomic mass is 10.2. The van der Waals surface area contributed by atoms with Gasteiger partial charge < -0.3 is 13.9 Å². The van der Waals surface area contributed by atoms with Gasteiger partial charge in [0.25, 0.3) is 9.76 Å². The average Bonchev–Trinajstić information content (AvgIpc) is 2.22. The molecule has 0 saturated carbocycles. The Labute approximate surface area is 86.9 Å². The van der Waals surface area contributed by atoms with E-state index in [1.54, 1.807) is 14.2 Å². The Kier molecular flexibility index (Phi) is 4.65. The molecule has 0 amide bonds. The first kappa shape index (κ1) is 11.2. The molecule has 0 aliphatic carbocycles. The van der Waals surface area contributed by atoms with Crippen molar-refractivity contribution in [2.24, 2.45) is 0 Å². The third-order valence-electron chi connectivity index (χ3n) is 1.93. The van der Waals surface area contributed by atoms with Gasteiger partial charge in [0.15, 0.2) is 5.91 Å². The molecule has 0 heterocycles. The second-order valence-electron chi connectivity index (χ2n) is 3.03. The van der Waals surface area contributed by atoms with Crippen molar-refractivity contribution in [1.29, 1.82) is 0 Å². The van der Waals surface area contributed by atoms with Crippen LogP contribution in [0.5, 0.6) is 5.75 Å². The zero-order valence-corrected chi connectivity index (χ0v) is 10.2. The number of hydrogen-bond donors (Lipinski definition) is 0. The standard InChI is InChI=1S/C10H16O3Si/c1-8-4-6-9(7-5-8)13-14-10(11-2)12-3/h4-7,10H,14H2,1-3H3. The van der Waals surface area contributed by atoms with E-state index in [4.69, 9.17) is 13.9 Å². The Morgan fingerprint density at radius 3 is 2.14 bits per heavy atom. The molecule has 0 aromatic heterocycles. The van der Waals surface area contributed by atoms with Gasteiger partial charge in [0.05, 0.1) is 0 Å². The fourth-order valence-corrected chi connectivity index (χ4v) is 1.82. The highest BCUT2D eigenvalue weighted by Crippen LogP contribution is 2.11. The highest BCUT2D eigenvalue weighted by molar-refractivity contribution is 6.29. The fraction of sp³-hybridized carbons (Fsp3) is 0.400. The molecule has 0 N–H and O–H groups in total. The molecule has 0 unspecified atom stereocenters.